The monoisotopic (exact) mass is 427 g/mol. The van der Waals surface area contributed by atoms with Crippen molar-refractivity contribution in [1.82, 2.24) is 0 Å². The Hall–Kier alpha value is -3.89. The minimum Gasteiger partial charge on any atom is -0.444 e. The lowest BCUT2D eigenvalue weighted by Gasteiger charge is -2.39. The number of nitrogens with two attached hydrogens (primary N) is 1. The molecule has 2 atom stereocenters. The molecule has 2 heterocycles. The zero-order chi connectivity index (χ0) is 22.6. The van der Waals surface area contributed by atoms with E-state index in [-0.39, 0.29) is 35.2 Å². The van der Waals surface area contributed by atoms with Crippen molar-refractivity contribution in [2.24, 2.45) is 5.73 Å². The number of ketones is 1. The van der Waals surface area contributed by atoms with Gasteiger partial charge < -0.3 is 15.6 Å². The molecule has 0 radical (unpaired) electrons. The minimum atomic E-state index is -1.71. The van der Waals surface area contributed by atoms with E-state index < -0.39 is 18.1 Å². The van der Waals surface area contributed by atoms with Gasteiger partial charge in [0.15, 0.2) is 5.78 Å². The molecule has 2 aromatic rings. The van der Waals surface area contributed by atoms with Crippen molar-refractivity contribution in [2.45, 2.75) is 31.1 Å². The summed E-state index contributed by atoms with van der Waals surface area (Å²) >= 11 is 0. The van der Waals surface area contributed by atoms with E-state index in [2.05, 4.69) is 0 Å². The van der Waals surface area contributed by atoms with Crippen molar-refractivity contribution in [2.75, 3.05) is 11.6 Å². The van der Waals surface area contributed by atoms with E-state index in [0.717, 1.165) is 11.1 Å². The first-order valence-corrected chi connectivity index (χ1v) is 10.4. The van der Waals surface area contributed by atoms with Gasteiger partial charge in [0.1, 0.15) is 29.5 Å². The molecule has 7 heteroatoms. The lowest BCUT2D eigenvalue weighted by atomic mass is 9.63. The topological polar surface area (TPSA) is 117 Å². The number of hydrogen-bond donors (Lipinski definition) is 2. The predicted molar refractivity (Wildman–Crippen MR) is 116 cm³/mol. The number of carbonyl (C=O) groups is 2. The number of para-hydroxylation sites is 1. The van der Waals surface area contributed by atoms with Gasteiger partial charge in [-0.25, -0.2) is 0 Å². The minimum absolute atomic E-state index is 0.119. The molecule has 3 N–H and O–H groups in total. The molecular weight excluding hydrogens is 406 g/mol. The van der Waals surface area contributed by atoms with Crippen LogP contribution in [0.3, 0.4) is 0 Å². The lowest BCUT2D eigenvalue weighted by Crippen LogP contribution is -2.49. The number of nitriles is 1. The first-order valence-electron chi connectivity index (χ1n) is 10.4. The number of aliphatic hydroxyl groups is 1. The number of rotatable bonds is 2. The highest BCUT2D eigenvalue weighted by Crippen LogP contribution is 2.56. The summed E-state index contributed by atoms with van der Waals surface area (Å²) in [7, 11) is 0. The van der Waals surface area contributed by atoms with Gasteiger partial charge in [0.2, 0.25) is 11.8 Å². The number of aliphatic hydroxyl groups excluding tert-OH is 1. The number of hydrogen-bond acceptors (Lipinski definition) is 6. The van der Waals surface area contributed by atoms with Gasteiger partial charge in [0, 0.05) is 18.4 Å². The number of allylic oxidation sites excluding steroid dienone is 1. The number of amides is 1. The van der Waals surface area contributed by atoms with Gasteiger partial charge >= 0.3 is 0 Å². The molecule has 0 unspecified atom stereocenters. The second-order valence-corrected chi connectivity index (χ2v) is 8.33. The second kappa shape index (κ2) is 7.08. The number of Topliss-reactive ketones (excluding diaryl/α,β-unsaturated/α-hetero) is 1. The second-order valence-electron chi connectivity index (χ2n) is 8.33. The molecule has 2 aliphatic heterocycles. The van der Waals surface area contributed by atoms with Gasteiger partial charge in [-0.3, -0.25) is 14.5 Å². The smallest absolute Gasteiger partial charge is 0.249 e. The first kappa shape index (κ1) is 20.0. The summed E-state index contributed by atoms with van der Waals surface area (Å²) < 4.78 is 5.82. The lowest BCUT2D eigenvalue weighted by molar-refractivity contribution is -0.125. The van der Waals surface area contributed by atoms with Crippen LogP contribution in [-0.4, -0.2) is 23.5 Å². The number of benzene rings is 2. The molecule has 1 amide bonds. The van der Waals surface area contributed by atoms with Crippen LogP contribution in [0.5, 0.6) is 0 Å². The van der Waals surface area contributed by atoms with Gasteiger partial charge in [0.25, 0.3) is 0 Å². The summed E-state index contributed by atoms with van der Waals surface area (Å²) in [6, 6.07) is 16.8. The molecule has 160 valence electrons. The van der Waals surface area contributed by atoms with Crippen molar-refractivity contribution in [1.29, 1.82) is 5.26 Å². The summed E-state index contributed by atoms with van der Waals surface area (Å²) in [5, 5.41) is 19.9. The molecule has 0 bridgehead atoms. The van der Waals surface area contributed by atoms with Crippen LogP contribution < -0.4 is 10.6 Å². The van der Waals surface area contributed by atoms with Gasteiger partial charge in [-0.1, -0.05) is 48.0 Å². The van der Waals surface area contributed by atoms with E-state index >= 15 is 0 Å². The van der Waals surface area contributed by atoms with Crippen molar-refractivity contribution in [3.63, 3.8) is 0 Å². The summed E-state index contributed by atoms with van der Waals surface area (Å²) in [4.78, 5) is 28.5. The van der Waals surface area contributed by atoms with Crippen molar-refractivity contribution >= 4 is 17.4 Å². The summed E-state index contributed by atoms with van der Waals surface area (Å²) in [5.74, 6) is -0.840. The molecule has 1 spiro atoms. The number of aryl methyl sites for hydroxylation is 1. The Balaban J connectivity index is 1.73. The molecule has 7 nitrogen and oxygen atoms in total. The largest absolute Gasteiger partial charge is 0.444 e. The first-order chi connectivity index (χ1) is 15.4. The molecular formula is C25H21N3O4. The fourth-order valence-corrected chi connectivity index (χ4v) is 5.17. The standard InChI is InChI=1S/C25H21N3O4/c1-14-6-8-15(9-7-14)16-10-20(30)22-21(11-16)32-23(27)18(12-26)25(22)17-4-2-3-5-19(17)28(13-29)24(25)31/h2-9,16,29H,10-11,13,27H2,1H3/t16-,25+/m1/s1. The summed E-state index contributed by atoms with van der Waals surface area (Å²) in [6.45, 7) is 1.41. The van der Waals surface area contributed by atoms with Crippen molar-refractivity contribution in [3.8, 4) is 6.07 Å². The van der Waals surface area contributed by atoms with Gasteiger partial charge in [-0.05, 0) is 24.5 Å². The van der Waals surface area contributed by atoms with Crippen LogP contribution >= 0.6 is 0 Å². The van der Waals surface area contributed by atoms with Crippen LogP contribution in [0.1, 0.15) is 35.4 Å². The van der Waals surface area contributed by atoms with Gasteiger partial charge in [-0.15, -0.1) is 0 Å². The fraction of sp³-hybridized carbons (Fsp3) is 0.240. The maximum absolute atomic E-state index is 13.8. The molecule has 32 heavy (non-hydrogen) atoms. The SMILES string of the molecule is Cc1ccc([C@@H]2CC(=O)C3=C(C2)OC(N)=C(C#N)[C@]32C(=O)N(CO)c3ccccc32)cc1. The molecule has 1 aliphatic carbocycles. The third-order valence-electron chi connectivity index (χ3n) is 6.62. The van der Waals surface area contributed by atoms with E-state index in [4.69, 9.17) is 10.5 Å². The Bertz CT molecular complexity index is 1270. The highest BCUT2D eigenvalue weighted by atomic mass is 16.5. The van der Waals surface area contributed by atoms with Gasteiger partial charge in [-0.2, -0.15) is 5.26 Å². The number of ether oxygens (including phenoxy) is 1. The molecule has 0 saturated carbocycles. The van der Waals surface area contributed by atoms with Crippen LogP contribution in [0.4, 0.5) is 5.69 Å². The molecule has 2 aromatic carbocycles. The van der Waals surface area contributed by atoms with Crippen molar-refractivity contribution < 1.29 is 19.4 Å². The zero-order valence-electron chi connectivity index (χ0n) is 17.5. The van der Waals surface area contributed by atoms with E-state index in [1.54, 1.807) is 24.3 Å². The maximum Gasteiger partial charge on any atom is 0.249 e. The Morgan fingerprint density at radius 1 is 1.19 bits per heavy atom. The quantitative estimate of drug-likeness (QED) is 0.761. The Labute approximate surface area is 185 Å². The molecule has 0 fully saturated rings. The molecule has 0 saturated heterocycles. The van der Waals surface area contributed by atoms with E-state index in [0.29, 0.717) is 23.4 Å². The summed E-state index contributed by atoms with van der Waals surface area (Å²) in [6.07, 6.45) is 0.556. The highest BCUT2D eigenvalue weighted by molar-refractivity contribution is 6.20. The van der Waals surface area contributed by atoms with E-state index in [9.17, 15) is 20.0 Å². The normalized spacial score (nSPS) is 24.4. The van der Waals surface area contributed by atoms with Crippen molar-refractivity contribution in [3.05, 3.63) is 88.0 Å². The fourth-order valence-electron chi connectivity index (χ4n) is 5.17. The molecule has 5 rings (SSSR count). The Kier molecular flexibility index (Phi) is 4.43. The summed E-state index contributed by atoms with van der Waals surface area (Å²) in [5.41, 5.74) is 7.51. The maximum atomic E-state index is 13.8. The highest BCUT2D eigenvalue weighted by Gasteiger charge is 2.62. The van der Waals surface area contributed by atoms with Crippen LogP contribution in [-0.2, 0) is 19.7 Å². The Morgan fingerprint density at radius 3 is 2.59 bits per heavy atom. The average molecular weight is 427 g/mol. The van der Waals surface area contributed by atoms with Crippen LogP contribution in [0.25, 0.3) is 0 Å². The Morgan fingerprint density at radius 2 is 1.91 bits per heavy atom. The van der Waals surface area contributed by atoms with Crippen LogP contribution in [0.15, 0.2) is 71.3 Å². The number of fused-ring (bicyclic) bond motifs is 3. The number of nitrogens with zero attached hydrogens (tertiary/aromatic N) is 2. The number of anilines is 1. The predicted octanol–water partition coefficient (Wildman–Crippen LogP) is 2.65. The molecule has 3 aliphatic rings. The number of carbonyl (C=O) groups excluding carboxylic acids is 2. The average Bonchev–Trinajstić information content (AvgIpc) is 3.02. The van der Waals surface area contributed by atoms with E-state index in [1.165, 1.54) is 4.90 Å². The van der Waals surface area contributed by atoms with E-state index in [1.807, 2.05) is 37.3 Å². The molecule has 0 aromatic heterocycles. The third-order valence-corrected chi connectivity index (χ3v) is 6.62. The zero-order valence-corrected chi connectivity index (χ0v) is 17.5. The van der Waals surface area contributed by atoms with Crippen LogP contribution in [0, 0.1) is 18.3 Å². The van der Waals surface area contributed by atoms with Gasteiger partial charge in [0.05, 0.1) is 11.3 Å². The third kappa shape index (κ3) is 2.50. The van der Waals surface area contributed by atoms with Crippen LogP contribution in [0.2, 0.25) is 0 Å².